The zero-order chi connectivity index (χ0) is 18.7. The third-order valence-corrected chi connectivity index (χ3v) is 3.86. The van der Waals surface area contributed by atoms with E-state index in [1.807, 2.05) is 42.5 Å². The summed E-state index contributed by atoms with van der Waals surface area (Å²) in [7, 11) is 0. The minimum Gasteiger partial charge on any atom is -0.490 e. The highest BCUT2D eigenvalue weighted by Gasteiger charge is 2.15. The Hall–Kier alpha value is -2.77. The third-order valence-electron chi connectivity index (χ3n) is 3.86. The fourth-order valence-electron chi connectivity index (χ4n) is 2.55. The molecule has 27 heavy (non-hydrogen) atoms. The monoisotopic (exact) mass is 372 g/mol. The summed E-state index contributed by atoms with van der Waals surface area (Å²) in [5, 5.41) is 5.58. The maximum atomic E-state index is 12.1. The number of hydrogen-bond acceptors (Lipinski definition) is 5. The van der Waals surface area contributed by atoms with Crippen LogP contribution in [0.2, 0.25) is 0 Å². The van der Waals surface area contributed by atoms with Gasteiger partial charge in [-0.05, 0) is 24.3 Å². The van der Waals surface area contributed by atoms with Gasteiger partial charge >= 0.3 is 6.03 Å². The topological polar surface area (TPSA) is 78.1 Å². The first-order chi connectivity index (χ1) is 13.3. The number of carbonyl (C=O) groups is 1. The molecule has 1 fully saturated rings. The highest BCUT2D eigenvalue weighted by Crippen LogP contribution is 2.23. The van der Waals surface area contributed by atoms with Crippen LogP contribution in [0.3, 0.4) is 0 Å². The van der Waals surface area contributed by atoms with Gasteiger partial charge in [0.2, 0.25) is 0 Å². The Morgan fingerprint density at radius 2 is 1.78 bits per heavy atom. The number of carbonyl (C=O) groups excluding carboxylic acids is 1. The fourth-order valence-corrected chi connectivity index (χ4v) is 2.55. The molecule has 2 aromatic rings. The average molecular weight is 372 g/mol. The summed E-state index contributed by atoms with van der Waals surface area (Å²) < 4.78 is 22.2. The minimum atomic E-state index is -0.319. The quantitative estimate of drug-likeness (QED) is 0.697. The average Bonchev–Trinajstić information content (AvgIpc) is 2.72. The number of benzene rings is 2. The van der Waals surface area contributed by atoms with Gasteiger partial charge in [-0.1, -0.05) is 30.3 Å². The number of rotatable bonds is 8. The van der Waals surface area contributed by atoms with Gasteiger partial charge < -0.3 is 29.6 Å². The molecule has 1 unspecified atom stereocenters. The molecule has 2 aromatic carbocycles. The molecule has 7 nitrogen and oxygen atoms in total. The summed E-state index contributed by atoms with van der Waals surface area (Å²) in [5.74, 6) is 1.38. The molecular weight excluding hydrogens is 348 g/mol. The Morgan fingerprint density at radius 3 is 2.59 bits per heavy atom. The molecule has 0 spiro atoms. The number of hydrogen-bond donors (Lipinski definition) is 2. The molecule has 144 valence electrons. The zero-order valence-corrected chi connectivity index (χ0v) is 15.1. The minimum absolute atomic E-state index is 0.119. The Bertz CT molecular complexity index is 705. The van der Waals surface area contributed by atoms with Crippen molar-refractivity contribution in [2.45, 2.75) is 6.10 Å². The van der Waals surface area contributed by atoms with E-state index in [1.54, 1.807) is 12.1 Å². The van der Waals surface area contributed by atoms with Gasteiger partial charge in [0.1, 0.15) is 24.7 Å². The molecule has 1 aliphatic rings. The molecule has 0 saturated carbocycles. The van der Waals surface area contributed by atoms with E-state index in [2.05, 4.69) is 10.6 Å². The number of amides is 2. The first kappa shape index (κ1) is 19.0. The lowest BCUT2D eigenvalue weighted by Gasteiger charge is -2.23. The molecule has 1 atom stereocenters. The van der Waals surface area contributed by atoms with Crippen LogP contribution < -0.4 is 20.1 Å². The van der Waals surface area contributed by atoms with E-state index in [-0.39, 0.29) is 12.1 Å². The van der Waals surface area contributed by atoms with Gasteiger partial charge in [-0.15, -0.1) is 0 Å². The molecule has 7 heteroatoms. The summed E-state index contributed by atoms with van der Waals surface area (Å²) in [6.07, 6.45) is -0.119. The second kappa shape index (κ2) is 10.4. The molecule has 0 radical (unpaired) electrons. The van der Waals surface area contributed by atoms with Crippen molar-refractivity contribution < 1.29 is 23.7 Å². The van der Waals surface area contributed by atoms with Gasteiger partial charge in [0.25, 0.3) is 0 Å². The summed E-state index contributed by atoms with van der Waals surface area (Å²) in [6.45, 7) is 2.80. The molecule has 1 heterocycles. The lowest BCUT2D eigenvalue weighted by atomic mass is 10.3. The highest BCUT2D eigenvalue weighted by atomic mass is 16.6. The maximum absolute atomic E-state index is 12.1. The fraction of sp³-hybridized carbons (Fsp3) is 0.350. The summed E-state index contributed by atoms with van der Waals surface area (Å²) in [6, 6.07) is 16.5. The van der Waals surface area contributed by atoms with Crippen molar-refractivity contribution in [2.24, 2.45) is 0 Å². The van der Waals surface area contributed by atoms with Crippen molar-refractivity contribution in [2.75, 3.05) is 44.9 Å². The van der Waals surface area contributed by atoms with E-state index >= 15 is 0 Å². The lowest BCUT2D eigenvalue weighted by Crippen LogP contribution is -2.41. The van der Waals surface area contributed by atoms with Crippen LogP contribution in [0.25, 0.3) is 0 Å². The predicted molar refractivity (Wildman–Crippen MR) is 101 cm³/mol. The van der Waals surface area contributed by atoms with E-state index in [0.29, 0.717) is 51.0 Å². The second-order valence-electron chi connectivity index (χ2n) is 5.91. The Kier molecular flexibility index (Phi) is 7.32. The molecule has 1 aliphatic heterocycles. The highest BCUT2D eigenvalue weighted by molar-refractivity contribution is 5.90. The van der Waals surface area contributed by atoms with Crippen molar-refractivity contribution in [1.82, 2.24) is 5.32 Å². The summed E-state index contributed by atoms with van der Waals surface area (Å²) in [4.78, 5) is 12.1. The van der Waals surface area contributed by atoms with Crippen LogP contribution in [0, 0.1) is 0 Å². The number of urea groups is 1. The molecule has 3 rings (SSSR count). The standard InChI is InChI=1S/C20H24N2O5/c23-20(21-14-17-15-24-10-11-26-17)22-18-8-4-5-9-19(18)27-13-12-25-16-6-2-1-3-7-16/h1-9,17H,10-15H2,(H2,21,22,23). The van der Waals surface area contributed by atoms with Crippen LogP contribution in [-0.2, 0) is 9.47 Å². The van der Waals surface area contributed by atoms with Gasteiger partial charge in [-0.2, -0.15) is 0 Å². The van der Waals surface area contributed by atoms with E-state index in [0.717, 1.165) is 5.75 Å². The number of ether oxygens (including phenoxy) is 4. The van der Waals surface area contributed by atoms with Crippen LogP contribution in [0.5, 0.6) is 11.5 Å². The van der Waals surface area contributed by atoms with Crippen LogP contribution in [-0.4, -0.2) is 51.7 Å². The largest absolute Gasteiger partial charge is 0.490 e. The van der Waals surface area contributed by atoms with Gasteiger partial charge in [0.05, 0.1) is 31.6 Å². The van der Waals surface area contributed by atoms with Gasteiger partial charge in [-0.25, -0.2) is 4.79 Å². The van der Waals surface area contributed by atoms with Crippen molar-refractivity contribution in [3.63, 3.8) is 0 Å². The van der Waals surface area contributed by atoms with Crippen molar-refractivity contribution >= 4 is 11.7 Å². The lowest BCUT2D eigenvalue weighted by molar-refractivity contribution is -0.0852. The summed E-state index contributed by atoms with van der Waals surface area (Å²) in [5.41, 5.74) is 0.593. The van der Waals surface area contributed by atoms with Gasteiger partial charge in [-0.3, -0.25) is 0 Å². The molecule has 0 bridgehead atoms. The summed E-state index contributed by atoms with van der Waals surface area (Å²) >= 11 is 0. The SMILES string of the molecule is O=C(NCC1COCCO1)Nc1ccccc1OCCOc1ccccc1. The zero-order valence-electron chi connectivity index (χ0n) is 15.1. The van der Waals surface area contributed by atoms with E-state index in [4.69, 9.17) is 18.9 Å². The van der Waals surface area contributed by atoms with E-state index in [1.165, 1.54) is 0 Å². The molecule has 0 aromatic heterocycles. The molecule has 2 amide bonds. The van der Waals surface area contributed by atoms with Crippen LogP contribution >= 0.6 is 0 Å². The van der Waals surface area contributed by atoms with Crippen LogP contribution in [0.4, 0.5) is 10.5 Å². The molecular formula is C20H24N2O5. The van der Waals surface area contributed by atoms with E-state index < -0.39 is 0 Å². The number of nitrogens with one attached hydrogen (secondary N) is 2. The van der Waals surface area contributed by atoms with E-state index in [9.17, 15) is 4.79 Å². The molecule has 1 saturated heterocycles. The normalized spacial score (nSPS) is 16.4. The first-order valence-corrected chi connectivity index (χ1v) is 8.95. The van der Waals surface area contributed by atoms with Crippen LogP contribution in [0.1, 0.15) is 0 Å². The second-order valence-corrected chi connectivity index (χ2v) is 5.91. The van der Waals surface area contributed by atoms with Crippen molar-refractivity contribution in [3.8, 4) is 11.5 Å². The Balaban J connectivity index is 1.43. The Labute approximate surface area is 158 Å². The number of anilines is 1. The number of para-hydroxylation sites is 3. The third kappa shape index (κ3) is 6.47. The molecule has 0 aliphatic carbocycles. The van der Waals surface area contributed by atoms with Gasteiger partial charge in [0, 0.05) is 6.54 Å². The predicted octanol–water partition coefficient (Wildman–Crippen LogP) is 2.68. The molecule has 2 N–H and O–H groups in total. The van der Waals surface area contributed by atoms with Crippen LogP contribution in [0.15, 0.2) is 54.6 Å². The van der Waals surface area contributed by atoms with Crippen molar-refractivity contribution in [3.05, 3.63) is 54.6 Å². The van der Waals surface area contributed by atoms with Crippen molar-refractivity contribution in [1.29, 1.82) is 0 Å². The smallest absolute Gasteiger partial charge is 0.319 e. The first-order valence-electron chi connectivity index (χ1n) is 8.95. The Morgan fingerprint density at radius 1 is 1.00 bits per heavy atom. The van der Waals surface area contributed by atoms with Gasteiger partial charge in [0.15, 0.2) is 0 Å². The maximum Gasteiger partial charge on any atom is 0.319 e.